The zero-order valence-corrected chi connectivity index (χ0v) is 18.2. The summed E-state index contributed by atoms with van der Waals surface area (Å²) in [6.45, 7) is 8.09. The van der Waals surface area contributed by atoms with Crippen LogP contribution in [-0.2, 0) is 16.0 Å². The van der Waals surface area contributed by atoms with Gasteiger partial charge in [-0.25, -0.2) is 0 Å². The van der Waals surface area contributed by atoms with E-state index in [9.17, 15) is 5.11 Å². The number of piperidine rings is 1. The Hall–Kier alpha value is -1.38. The van der Waals surface area contributed by atoms with Crippen LogP contribution >= 0.6 is 0 Å². The number of likely N-dealkylation sites (tertiary alicyclic amines) is 1. The number of morpholine rings is 1. The van der Waals surface area contributed by atoms with Gasteiger partial charge in [0, 0.05) is 45.9 Å². The average molecular weight is 421 g/mol. The number of aliphatic hydroxyl groups excluding tert-OH is 1. The highest BCUT2D eigenvalue weighted by atomic mass is 16.5. The summed E-state index contributed by atoms with van der Waals surface area (Å²) in [5, 5.41) is 10.6. The van der Waals surface area contributed by atoms with Crippen molar-refractivity contribution < 1.29 is 24.1 Å². The molecule has 3 heterocycles. The largest absolute Gasteiger partial charge is 0.493 e. The van der Waals surface area contributed by atoms with Gasteiger partial charge in [0.05, 0.1) is 25.9 Å². The van der Waals surface area contributed by atoms with E-state index in [0.717, 1.165) is 65.4 Å². The van der Waals surface area contributed by atoms with Crippen LogP contribution in [0.15, 0.2) is 18.2 Å². The lowest BCUT2D eigenvalue weighted by Gasteiger charge is -2.39. The third-order valence-corrected chi connectivity index (χ3v) is 6.59. The zero-order valence-electron chi connectivity index (χ0n) is 18.2. The molecule has 3 aliphatic rings. The molecule has 4 rings (SSSR count). The first-order chi connectivity index (χ1) is 14.7. The maximum Gasteiger partial charge on any atom is 0.161 e. The first-order valence-corrected chi connectivity index (χ1v) is 11.3. The van der Waals surface area contributed by atoms with Gasteiger partial charge in [0.25, 0.3) is 0 Å². The number of β-amino-alcohol motifs (C(OH)–C–C–N with tert-alkyl or cyclic N) is 1. The maximum atomic E-state index is 10.6. The molecule has 1 unspecified atom stereocenters. The van der Waals surface area contributed by atoms with E-state index in [1.165, 1.54) is 18.4 Å². The average Bonchev–Trinajstić information content (AvgIpc) is 3.23. The number of rotatable bonds is 8. The third-order valence-electron chi connectivity index (χ3n) is 6.59. The van der Waals surface area contributed by atoms with Gasteiger partial charge in [-0.05, 0) is 43.4 Å². The van der Waals surface area contributed by atoms with Gasteiger partial charge in [0.15, 0.2) is 11.5 Å². The van der Waals surface area contributed by atoms with Crippen LogP contribution in [0.3, 0.4) is 0 Å². The molecule has 7 nitrogen and oxygen atoms in total. The Kier molecular flexibility index (Phi) is 7.49. The summed E-state index contributed by atoms with van der Waals surface area (Å²) in [5.74, 6) is 1.39. The zero-order chi connectivity index (χ0) is 20.8. The molecule has 3 fully saturated rings. The molecule has 3 aliphatic heterocycles. The highest BCUT2D eigenvalue weighted by Crippen LogP contribution is 2.35. The summed E-state index contributed by atoms with van der Waals surface area (Å²) < 4.78 is 22.9. The molecular weight excluding hydrogens is 384 g/mol. The molecule has 0 bridgehead atoms. The second kappa shape index (κ2) is 10.3. The number of aliphatic hydroxyl groups is 1. The Morgan fingerprint density at radius 3 is 2.53 bits per heavy atom. The van der Waals surface area contributed by atoms with Crippen molar-refractivity contribution in [2.45, 2.75) is 43.9 Å². The van der Waals surface area contributed by atoms with Gasteiger partial charge >= 0.3 is 0 Å². The highest BCUT2D eigenvalue weighted by Gasteiger charge is 2.38. The predicted octanol–water partition coefficient (Wildman–Crippen LogP) is 1.91. The Labute approximate surface area is 179 Å². The second-order valence-electron chi connectivity index (χ2n) is 8.77. The fraction of sp³-hybridized carbons (Fsp3) is 0.739. The smallest absolute Gasteiger partial charge is 0.161 e. The minimum Gasteiger partial charge on any atom is -0.493 e. The molecule has 1 spiro atoms. The van der Waals surface area contributed by atoms with Gasteiger partial charge < -0.3 is 29.0 Å². The van der Waals surface area contributed by atoms with Crippen LogP contribution in [0.25, 0.3) is 0 Å². The van der Waals surface area contributed by atoms with Crippen LogP contribution in [0, 0.1) is 0 Å². The van der Waals surface area contributed by atoms with Crippen LogP contribution in [0.2, 0.25) is 0 Å². The van der Waals surface area contributed by atoms with E-state index in [2.05, 4.69) is 15.9 Å². The van der Waals surface area contributed by atoms with Crippen LogP contribution in [-0.4, -0.2) is 92.9 Å². The molecule has 168 valence electrons. The fourth-order valence-corrected chi connectivity index (χ4v) is 4.78. The first kappa shape index (κ1) is 21.8. The summed E-state index contributed by atoms with van der Waals surface area (Å²) in [5.41, 5.74) is 1.30. The van der Waals surface area contributed by atoms with Crippen molar-refractivity contribution in [1.82, 2.24) is 9.80 Å². The lowest BCUT2D eigenvalue weighted by atomic mass is 9.88. The molecule has 0 saturated carbocycles. The third kappa shape index (κ3) is 5.65. The summed E-state index contributed by atoms with van der Waals surface area (Å²) >= 11 is 0. The molecule has 3 saturated heterocycles. The number of ether oxygens (including phenoxy) is 4. The first-order valence-electron chi connectivity index (χ1n) is 11.3. The summed E-state index contributed by atoms with van der Waals surface area (Å²) in [6.07, 6.45) is 3.97. The Bertz CT molecular complexity index is 664. The molecular formula is C23H36N2O5. The van der Waals surface area contributed by atoms with Crippen LogP contribution in [0.4, 0.5) is 0 Å². The Morgan fingerprint density at radius 2 is 1.83 bits per heavy atom. The minimum absolute atomic E-state index is 0.117. The second-order valence-corrected chi connectivity index (χ2v) is 8.77. The monoisotopic (exact) mass is 420 g/mol. The minimum atomic E-state index is -0.531. The van der Waals surface area contributed by atoms with Crippen LogP contribution in [0.1, 0.15) is 31.2 Å². The number of nitrogens with zero attached hydrogens (tertiary/aromatic N) is 2. The Balaban J connectivity index is 1.26. The quantitative estimate of drug-likeness (QED) is 0.689. The van der Waals surface area contributed by atoms with Crippen molar-refractivity contribution in [3.05, 3.63) is 23.8 Å². The van der Waals surface area contributed by atoms with Crippen molar-refractivity contribution in [3.8, 4) is 11.5 Å². The number of hydrogen-bond acceptors (Lipinski definition) is 7. The van der Waals surface area contributed by atoms with Crippen molar-refractivity contribution in [3.63, 3.8) is 0 Å². The SMILES string of the molecule is COc1ccc(CN2CCOCC2)cc1OCC(O)CN1CCC2(CCCO2)CC1. The molecule has 0 aromatic heterocycles. The van der Waals surface area contributed by atoms with E-state index in [4.69, 9.17) is 18.9 Å². The normalized spacial score (nSPS) is 23.5. The fourth-order valence-electron chi connectivity index (χ4n) is 4.78. The number of benzene rings is 1. The van der Waals surface area contributed by atoms with Gasteiger partial charge in [0.2, 0.25) is 0 Å². The van der Waals surface area contributed by atoms with E-state index in [-0.39, 0.29) is 12.2 Å². The lowest BCUT2D eigenvalue weighted by molar-refractivity contribution is -0.0512. The van der Waals surface area contributed by atoms with E-state index >= 15 is 0 Å². The number of methoxy groups -OCH3 is 1. The molecule has 1 aromatic carbocycles. The molecule has 1 aromatic rings. The van der Waals surface area contributed by atoms with Gasteiger partial charge in [-0.3, -0.25) is 4.90 Å². The van der Waals surface area contributed by atoms with E-state index in [1.54, 1.807) is 7.11 Å². The van der Waals surface area contributed by atoms with E-state index < -0.39 is 6.10 Å². The maximum absolute atomic E-state index is 10.6. The predicted molar refractivity (Wildman–Crippen MR) is 114 cm³/mol. The summed E-state index contributed by atoms with van der Waals surface area (Å²) in [6, 6.07) is 6.05. The molecule has 0 aliphatic carbocycles. The molecule has 1 N–H and O–H groups in total. The summed E-state index contributed by atoms with van der Waals surface area (Å²) in [4.78, 5) is 4.70. The van der Waals surface area contributed by atoms with Crippen LogP contribution < -0.4 is 9.47 Å². The van der Waals surface area contributed by atoms with E-state index in [1.807, 2.05) is 12.1 Å². The van der Waals surface area contributed by atoms with Crippen molar-refractivity contribution in [2.75, 3.05) is 66.3 Å². The van der Waals surface area contributed by atoms with Crippen molar-refractivity contribution >= 4 is 0 Å². The molecule has 0 radical (unpaired) electrons. The molecule has 7 heteroatoms. The van der Waals surface area contributed by atoms with Gasteiger partial charge in [0.1, 0.15) is 12.7 Å². The highest BCUT2D eigenvalue weighted by molar-refractivity contribution is 5.43. The Morgan fingerprint density at radius 1 is 1.03 bits per heavy atom. The topological polar surface area (TPSA) is 63.6 Å². The van der Waals surface area contributed by atoms with Gasteiger partial charge in [-0.15, -0.1) is 0 Å². The summed E-state index contributed by atoms with van der Waals surface area (Å²) in [7, 11) is 1.65. The van der Waals surface area contributed by atoms with Gasteiger partial charge in [-0.2, -0.15) is 0 Å². The standard InChI is InChI=1S/C23H36N2O5/c1-27-21-4-3-19(16-25-10-13-28-14-11-25)15-22(21)29-18-20(26)17-24-8-6-23(7-9-24)5-2-12-30-23/h3-4,15,20,26H,2,5-14,16-18H2,1H3. The number of hydrogen-bond donors (Lipinski definition) is 1. The molecule has 30 heavy (non-hydrogen) atoms. The van der Waals surface area contributed by atoms with Crippen LogP contribution in [0.5, 0.6) is 11.5 Å². The molecule has 1 atom stereocenters. The molecule has 0 amide bonds. The van der Waals surface area contributed by atoms with Crippen molar-refractivity contribution in [1.29, 1.82) is 0 Å². The van der Waals surface area contributed by atoms with E-state index in [0.29, 0.717) is 18.0 Å². The van der Waals surface area contributed by atoms with Gasteiger partial charge in [-0.1, -0.05) is 6.07 Å². The lowest BCUT2D eigenvalue weighted by Crippen LogP contribution is -2.47. The van der Waals surface area contributed by atoms with Crippen molar-refractivity contribution in [2.24, 2.45) is 0 Å².